The van der Waals surface area contributed by atoms with Crippen molar-refractivity contribution in [2.75, 3.05) is 0 Å². The lowest BCUT2D eigenvalue weighted by Gasteiger charge is -2.01. The van der Waals surface area contributed by atoms with Crippen LogP contribution in [0, 0.1) is 16.7 Å². The average molecular weight is 202 g/mol. The molecule has 0 amide bonds. The Morgan fingerprint density at radius 1 is 1.33 bits per heavy atom. The molecule has 0 aliphatic rings. The van der Waals surface area contributed by atoms with Gasteiger partial charge in [0.1, 0.15) is 11.6 Å². The van der Waals surface area contributed by atoms with Crippen LogP contribution in [0.5, 0.6) is 11.5 Å². The van der Waals surface area contributed by atoms with E-state index in [4.69, 9.17) is 15.1 Å². The maximum absolute atomic E-state index is 9.44. The highest BCUT2D eigenvalue weighted by Crippen LogP contribution is 2.32. The molecule has 0 saturated heterocycles. The lowest BCUT2D eigenvalue weighted by Crippen LogP contribution is -2.03. The zero-order chi connectivity index (χ0) is 11.0. The zero-order valence-electron chi connectivity index (χ0n) is 7.48. The van der Waals surface area contributed by atoms with Crippen LogP contribution >= 0.6 is 0 Å². The molecule has 0 radical (unpaired) electrons. The van der Waals surface area contributed by atoms with Gasteiger partial charge >= 0.3 is 0 Å². The highest BCUT2D eigenvalue weighted by Gasteiger charge is 2.09. The van der Waals surface area contributed by atoms with Crippen molar-refractivity contribution in [1.29, 1.82) is 10.7 Å². The summed E-state index contributed by atoms with van der Waals surface area (Å²) in [7, 11) is 0. The van der Waals surface area contributed by atoms with Crippen molar-refractivity contribution in [3.8, 4) is 17.6 Å². The van der Waals surface area contributed by atoms with E-state index in [1.54, 1.807) is 6.07 Å². The Morgan fingerprint density at radius 3 is 2.73 bits per heavy atom. The molecule has 15 heavy (non-hydrogen) atoms. The van der Waals surface area contributed by atoms with E-state index in [0.29, 0.717) is 5.39 Å². The summed E-state index contributed by atoms with van der Waals surface area (Å²) in [5, 5.41) is 35.1. The van der Waals surface area contributed by atoms with Gasteiger partial charge < -0.3 is 14.6 Å². The lowest BCUT2D eigenvalue weighted by atomic mass is 10.2. The van der Waals surface area contributed by atoms with Crippen LogP contribution in [0.3, 0.4) is 0 Å². The molecule has 3 N–H and O–H groups in total. The third-order valence-corrected chi connectivity index (χ3v) is 2.01. The van der Waals surface area contributed by atoms with Crippen molar-refractivity contribution >= 4 is 11.0 Å². The first-order valence-corrected chi connectivity index (χ1v) is 4.07. The van der Waals surface area contributed by atoms with Gasteiger partial charge in [0, 0.05) is 5.39 Å². The minimum atomic E-state index is -0.425. The van der Waals surface area contributed by atoms with Crippen LogP contribution in [-0.4, -0.2) is 10.2 Å². The highest BCUT2D eigenvalue weighted by atomic mass is 16.4. The zero-order valence-corrected chi connectivity index (χ0v) is 7.48. The molecular weight excluding hydrogens is 196 g/mol. The van der Waals surface area contributed by atoms with E-state index in [1.807, 2.05) is 0 Å². The van der Waals surface area contributed by atoms with E-state index in [9.17, 15) is 10.2 Å². The van der Waals surface area contributed by atoms with Crippen LogP contribution in [0.15, 0.2) is 22.6 Å². The number of nitrogens with one attached hydrogen (secondary N) is 1. The first-order valence-electron chi connectivity index (χ1n) is 4.07. The standard InChI is InChI=1S/C10H6N2O3/c11-4-6-3-5-1-2-7(13)8(14)9(5)15-10(6)12/h1-3,12-14H. The summed E-state index contributed by atoms with van der Waals surface area (Å²) in [6.45, 7) is 0. The molecule has 0 unspecified atom stereocenters. The average Bonchev–Trinajstić information content (AvgIpc) is 2.24. The first kappa shape index (κ1) is 9.09. The number of fused-ring (bicyclic) bond motifs is 1. The van der Waals surface area contributed by atoms with Gasteiger partial charge in [-0.15, -0.1) is 0 Å². The molecule has 0 atom stereocenters. The summed E-state index contributed by atoms with van der Waals surface area (Å²) in [5.74, 6) is -0.749. The number of hydrogen-bond donors (Lipinski definition) is 3. The second-order valence-electron chi connectivity index (χ2n) is 2.95. The summed E-state index contributed by atoms with van der Waals surface area (Å²) in [5.41, 5.74) is -0.266. The smallest absolute Gasteiger partial charge is 0.230 e. The van der Waals surface area contributed by atoms with Crippen molar-refractivity contribution in [2.24, 2.45) is 0 Å². The van der Waals surface area contributed by atoms with E-state index >= 15 is 0 Å². The largest absolute Gasteiger partial charge is 0.504 e. The molecule has 0 aliphatic heterocycles. The van der Waals surface area contributed by atoms with Gasteiger partial charge in [0.15, 0.2) is 11.3 Å². The quantitative estimate of drug-likeness (QED) is 0.558. The molecule has 5 nitrogen and oxygen atoms in total. The molecule has 0 aliphatic carbocycles. The molecule has 0 bridgehead atoms. The Hall–Kier alpha value is -2.48. The molecule has 5 heteroatoms. The van der Waals surface area contributed by atoms with Gasteiger partial charge in [-0.05, 0) is 18.2 Å². The Kier molecular flexibility index (Phi) is 1.83. The molecule has 2 rings (SSSR count). The minimum Gasteiger partial charge on any atom is -0.504 e. The summed E-state index contributed by atoms with van der Waals surface area (Å²) in [6.07, 6.45) is 0. The number of nitrogens with zero attached hydrogens (tertiary/aromatic N) is 1. The van der Waals surface area contributed by atoms with Crippen LogP contribution in [0.25, 0.3) is 11.0 Å². The van der Waals surface area contributed by atoms with Crippen LogP contribution in [0.1, 0.15) is 5.56 Å². The molecular formula is C10H6N2O3. The van der Waals surface area contributed by atoms with Crippen molar-refractivity contribution < 1.29 is 14.6 Å². The number of aromatic hydroxyl groups is 2. The van der Waals surface area contributed by atoms with E-state index in [-0.39, 0.29) is 22.5 Å². The molecule has 1 aromatic carbocycles. The van der Waals surface area contributed by atoms with Gasteiger partial charge in [-0.2, -0.15) is 5.26 Å². The fourth-order valence-corrected chi connectivity index (χ4v) is 1.26. The molecule has 0 fully saturated rings. The maximum atomic E-state index is 9.44. The fraction of sp³-hybridized carbons (Fsp3) is 0. The molecule has 0 saturated carbocycles. The van der Waals surface area contributed by atoms with Crippen molar-refractivity contribution in [3.05, 3.63) is 29.3 Å². The van der Waals surface area contributed by atoms with Crippen LogP contribution < -0.4 is 5.55 Å². The highest BCUT2D eigenvalue weighted by molar-refractivity contribution is 5.85. The van der Waals surface area contributed by atoms with Gasteiger partial charge in [-0.3, -0.25) is 5.41 Å². The second-order valence-corrected chi connectivity index (χ2v) is 2.95. The second kappa shape index (κ2) is 3.03. The summed E-state index contributed by atoms with van der Waals surface area (Å²) >= 11 is 0. The van der Waals surface area contributed by atoms with Gasteiger partial charge in [0.05, 0.1) is 0 Å². The molecule has 1 heterocycles. The van der Waals surface area contributed by atoms with Gasteiger partial charge in [0.2, 0.25) is 11.3 Å². The fourth-order valence-electron chi connectivity index (χ4n) is 1.26. The van der Waals surface area contributed by atoms with Gasteiger partial charge in [-0.25, -0.2) is 0 Å². The predicted octanol–water partition coefficient (Wildman–Crippen LogP) is 1.20. The lowest BCUT2D eigenvalue weighted by molar-refractivity contribution is 0.396. The first-order chi connectivity index (χ1) is 7.13. The van der Waals surface area contributed by atoms with E-state index in [2.05, 4.69) is 0 Å². The Bertz CT molecular complexity index is 637. The van der Waals surface area contributed by atoms with E-state index < -0.39 is 5.75 Å². The van der Waals surface area contributed by atoms with Crippen LogP contribution in [0.2, 0.25) is 0 Å². The van der Waals surface area contributed by atoms with Gasteiger partial charge in [-0.1, -0.05) is 0 Å². The number of rotatable bonds is 0. The number of phenols is 2. The minimum absolute atomic E-state index is 0.000926. The number of nitriles is 1. The number of hydrogen-bond acceptors (Lipinski definition) is 5. The third-order valence-electron chi connectivity index (χ3n) is 2.01. The Morgan fingerprint density at radius 2 is 2.07 bits per heavy atom. The third kappa shape index (κ3) is 1.28. The maximum Gasteiger partial charge on any atom is 0.230 e. The molecule has 1 aromatic heterocycles. The number of phenolic OH excluding ortho intramolecular Hbond substituents is 2. The number of benzene rings is 1. The summed E-state index contributed by atoms with van der Waals surface area (Å²) in [4.78, 5) is 0. The Balaban J connectivity index is 2.95. The van der Waals surface area contributed by atoms with E-state index in [1.165, 1.54) is 18.2 Å². The molecule has 74 valence electrons. The molecule has 0 spiro atoms. The molecule has 2 aromatic rings. The predicted molar refractivity (Wildman–Crippen MR) is 50.1 cm³/mol. The van der Waals surface area contributed by atoms with E-state index in [0.717, 1.165) is 0 Å². The normalized spacial score (nSPS) is 10.1. The Labute approximate surface area is 83.9 Å². The summed E-state index contributed by atoms with van der Waals surface area (Å²) in [6, 6.07) is 6.00. The van der Waals surface area contributed by atoms with Crippen molar-refractivity contribution in [1.82, 2.24) is 0 Å². The van der Waals surface area contributed by atoms with Crippen LogP contribution in [-0.2, 0) is 0 Å². The van der Waals surface area contributed by atoms with Crippen molar-refractivity contribution in [3.63, 3.8) is 0 Å². The van der Waals surface area contributed by atoms with Crippen LogP contribution in [0.4, 0.5) is 0 Å². The van der Waals surface area contributed by atoms with Crippen molar-refractivity contribution in [2.45, 2.75) is 0 Å². The topological polar surface area (TPSA) is 101 Å². The summed E-state index contributed by atoms with van der Waals surface area (Å²) < 4.78 is 4.93. The SMILES string of the molecule is N#Cc1cc2ccc(O)c(O)c2oc1=N. The van der Waals surface area contributed by atoms with Gasteiger partial charge in [0.25, 0.3) is 0 Å². The monoisotopic (exact) mass is 202 g/mol.